The van der Waals surface area contributed by atoms with Crippen molar-refractivity contribution in [3.05, 3.63) is 54.1 Å². The van der Waals surface area contributed by atoms with Crippen LogP contribution in [0.5, 0.6) is 11.5 Å². The lowest BCUT2D eigenvalue weighted by molar-refractivity contribution is -0.135. The Labute approximate surface area is 172 Å². The highest BCUT2D eigenvalue weighted by Crippen LogP contribution is 2.36. The molecule has 0 unspecified atom stereocenters. The maximum Gasteiger partial charge on any atom is 0.311 e. The Bertz CT molecular complexity index is 880. The van der Waals surface area contributed by atoms with E-state index >= 15 is 0 Å². The first-order valence-corrected chi connectivity index (χ1v) is 10.4. The molecule has 2 aromatic rings. The van der Waals surface area contributed by atoms with Crippen molar-refractivity contribution in [3.63, 3.8) is 0 Å². The van der Waals surface area contributed by atoms with Crippen molar-refractivity contribution in [3.8, 4) is 22.6 Å². The van der Waals surface area contributed by atoms with E-state index < -0.39 is 0 Å². The smallest absolute Gasteiger partial charge is 0.311 e. The van der Waals surface area contributed by atoms with Gasteiger partial charge in [0.25, 0.3) is 0 Å². The predicted octanol–water partition coefficient (Wildman–Crippen LogP) is 6.25. The Morgan fingerprint density at radius 2 is 1.38 bits per heavy atom. The van der Waals surface area contributed by atoms with Crippen LogP contribution in [0.2, 0.25) is 0 Å². The van der Waals surface area contributed by atoms with Gasteiger partial charge in [-0.15, -0.1) is 0 Å². The van der Waals surface area contributed by atoms with Crippen LogP contribution >= 0.6 is 0 Å². The summed E-state index contributed by atoms with van der Waals surface area (Å²) in [5.74, 6) is 0.658. The van der Waals surface area contributed by atoms with Gasteiger partial charge in [0.05, 0.1) is 0 Å². The van der Waals surface area contributed by atoms with Crippen molar-refractivity contribution in [1.29, 1.82) is 0 Å². The lowest BCUT2D eigenvalue weighted by atomic mass is 9.94. The zero-order valence-corrected chi connectivity index (χ0v) is 17.0. The number of hydrogen-bond donors (Lipinski definition) is 0. The number of hydrogen-bond acceptors (Lipinski definition) is 4. The van der Waals surface area contributed by atoms with E-state index in [-0.39, 0.29) is 11.9 Å². The molecule has 4 bridgehead atoms. The Morgan fingerprint density at radius 1 is 0.793 bits per heavy atom. The second-order valence-corrected chi connectivity index (χ2v) is 7.47. The molecule has 0 aromatic heterocycles. The highest BCUT2D eigenvalue weighted by Gasteiger charge is 2.15. The molecule has 0 N–H and O–H groups in total. The molecule has 2 heterocycles. The molecule has 0 amide bonds. The minimum absolute atomic E-state index is 0.195. The molecule has 0 fully saturated rings. The van der Waals surface area contributed by atoms with Gasteiger partial charge in [0, 0.05) is 18.4 Å². The first kappa shape index (κ1) is 20.8. The van der Waals surface area contributed by atoms with Crippen LogP contribution in [0.4, 0.5) is 0 Å². The fourth-order valence-electron chi connectivity index (χ4n) is 3.68. The van der Waals surface area contributed by atoms with E-state index in [0.29, 0.717) is 24.3 Å². The van der Waals surface area contributed by atoms with Gasteiger partial charge in [0.2, 0.25) is 0 Å². The van der Waals surface area contributed by atoms with Crippen molar-refractivity contribution in [1.82, 2.24) is 0 Å². The van der Waals surface area contributed by atoms with E-state index in [1.54, 1.807) is 18.2 Å². The fraction of sp³-hybridized carbons (Fsp3) is 0.360. The van der Waals surface area contributed by atoms with Gasteiger partial charge in [-0.3, -0.25) is 9.59 Å². The number of aryl methyl sites for hydroxylation is 1. The van der Waals surface area contributed by atoms with E-state index in [9.17, 15) is 9.59 Å². The number of ether oxygens (including phenoxy) is 2. The lowest BCUT2D eigenvalue weighted by Gasteiger charge is -2.15. The first-order chi connectivity index (χ1) is 14.1. The van der Waals surface area contributed by atoms with Crippen molar-refractivity contribution < 1.29 is 19.1 Å². The average Bonchev–Trinajstić information content (AvgIpc) is 2.71. The molecule has 4 rings (SSSR count). The van der Waals surface area contributed by atoms with E-state index in [1.165, 1.54) is 0 Å². The quantitative estimate of drug-likeness (QED) is 0.425. The zero-order chi connectivity index (χ0) is 20.6. The van der Waals surface area contributed by atoms with Crippen molar-refractivity contribution in [2.45, 2.75) is 58.3 Å². The molecule has 0 saturated heterocycles. The third-order valence-electron chi connectivity index (χ3n) is 5.23. The Hall–Kier alpha value is -2.88. The van der Waals surface area contributed by atoms with Gasteiger partial charge in [-0.2, -0.15) is 0 Å². The minimum atomic E-state index is -0.213. The van der Waals surface area contributed by atoms with Gasteiger partial charge in [-0.1, -0.05) is 56.5 Å². The molecule has 0 radical (unpaired) electrons. The fourth-order valence-corrected chi connectivity index (χ4v) is 3.68. The number of carbonyl (C=O) groups is 2. The predicted molar refractivity (Wildman–Crippen MR) is 115 cm³/mol. The summed E-state index contributed by atoms with van der Waals surface area (Å²) in [6.45, 7) is 5.94. The molecule has 29 heavy (non-hydrogen) atoms. The molecule has 152 valence electrons. The highest BCUT2D eigenvalue weighted by atomic mass is 16.5. The van der Waals surface area contributed by atoms with Gasteiger partial charge in [-0.05, 0) is 54.7 Å². The summed E-state index contributed by atoms with van der Waals surface area (Å²) >= 11 is 0. The summed E-state index contributed by atoms with van der Waals surface area (Å²) in [5.41, 5.74) is 3.76. The normalized spacial score (nSPS) is 16.2. The summed E-state index contributed by atoms with van der Waals surface area (Å²) in [4.78, 5) is 24.4. The Kier molecular flexibility index (Phi) is 7.23. The van der Waals surface area contributed by atoms with Crippen LogP contribution in [0, 0.1) is 6.92 Å². The summed E-state index contributed by atoms with van der Waals surface area (Å²) in [5, 5.41) is 0. The molecule has 0 spiro atoms. The van der Waals surface area contributed by atoms with Gasteiger partial charge in [0.15, 0.2) is 0 Å². The first-order valence-electron chi connectivity index (χ1n) is 10.4. The minimum Gasteiger partial charge on any atom is -0.427 e. The van der Waals surface area contributed by atoms with Crippen LogP contribution in [0.3, 0.4) is 0 Å². The molecule has 4 nitrogen and oxygen atoms in total. The monoisotopic (exact) mass is 392 g/mol. The SMILES string of the molecule is C=Cc1c2ccc(C)c1-c1ccc(cc1)OC(=O)CCCCCCCCC(=O)O2. The average molecular weight is 392 g/mol. The molecule has 2 aliphatic heterocycles. The number of rotatable bonds is 1. The maximum absolute atomic E-state index is 12.3. The summed E-state index contributed by atoms with van der Waals surface area (Å²) in [6.07, 6.45) is 8.27. The zero-order valence-electron chi connectivity index (χ0n) is 17.0. The number of esters is 2. The third kappa shape index (κ3) is 5.57. The molecule has 2 aromatic carbocycles. The van der Waals surface area contributed by atoms with Gasteiger partial charge in [0.1, 0.15) is 11.5 Å². The highest BCUT2D eigenvalue weighted by molar-refractivity contribution is 5.83. The van der Waals surface area contributed by atoms with E-state index in [1.807, 2.05) is 31.2 Å². The van der Waals surface area contributed by atoms with Crippen LogP contribution in [-0.4, -0.2) is 11.9 Å². The van der Waals surface area contributed by atoms with Gasteiger partial charge >= 0.3 is 11.9 Å². The second-order valence-electron chi connectivity index (χ2n) is 7.47. The van der Waals surface area contributed by atoms with Gasteiger partial charge < -0.3 is 9.47 Å². The molecule has 0 aliphatic carbocycles. The maximum atomic E-state index is 12.3. The van der Waals surface area contributed by atoms with Gasteiger partial charge in [-0.25, -0.2) is 0 Å². The lowest BCUT2D eigenvalue weighted by Crippen LogP contribution is -2.09. The Morgan fingerprint density at radius 3 is 2.00 bits per heavy atom. The van der Waals surface area contributed by atoms with Crippen molar-refractivity contribution in [2.24, 2.45) is 0 Å². The number of fused-ring (bicyclic) bond motifs is 13. The van der Waals surface area contributed by atoms with Crippen LogP contribution in [0.25, 0.3) is 17.2 Å². The van der Waals surface area contributed by atoms with E-state index in [0.717, 1.165) is 60.8 Å². The van der Waals surface area contributed by atoms with E-state index in [4.69, 9.17) is 9.47 Å². The largest absolute Gasteiger partial charge is 0.427 e. The summed E-state index contributed by atoms with van der Waals surface area (Å²) in [7, 11) is 0. The summed E-state index contributed by atoms with van der Waals surface area (Å²) < 4.78 is 11.1. The molecule has 0 atom stereocenters. The van der Waals surface area contributed by atoms with Crippen LogP contribution in [-0.2, 0) is 9.59 Å². The van der Waals surface area contributed by atoms with E-state index in [2.05, 4.69) is 6.58 Å². The molecule has 2 aliphatic rings. The van der Waals surface area contributed by atoms with Crippen LogP contribution in [0.15, 0.2) is 43.0 Å². The van der Waals surface area contributed by atoms with Crippen LogP contribution < -0.4 is 9.47 Å². The van der Waals surface area contributed by atoms with Crippen molar-refractivity contribution >= 4 is 18.0 Å². The van der Waals surface area contributed by atoms with Crippen molar-refractivity contribution in [2.75, 3.05) is 0 Å². The van der Waals surface area contributed by atoms with Crippen LogP contribution in [0.1, 0.15) is 62.5 Å². The molecule has 4 heteroatoms. The standard InChI is InChI=1S/C25H28O4/c1-3-21-22-17-12-18(2)25(21)19-13-15-20(16-14-19)28-23(26)10-8-6-4-5-7-9-11-24(27)29-22/h3,12-17H,1,4-11H2,2H3. The third-order valence-corrected chi connectivity index (χ3v) is 5.23. The summed E-state index contributed by atoms with van der Waals surface area (Å²) in [6, 6.07) is 11.2. The molecular formula is C25H28O4. The second kappa shape index (κ2) is 10.1. The molecular weight excluding hydrogens is 364 g/mol. The number of benzene rings is 2. The number of carbonyl (C=O) groups excluding carboxylic acids is 2. The molecule has 0 saturated carbocycles. The topological polar surface area (TPSA) is 52.6 Å². The Balaban J connectivity index is 1.94.